The molecule has 16 N–H and O–H groups in total. The molecule has 0 radical (unpaired) electrons. The van der Waals surface area contributed by atoms with Crippen LogP contribution in [-0.2, 0) is 281 Å². The van der Waals surface area contributed by atoms with E-state index in [9.17, 15) is 208 Å². The van der Waals surface area contributed by atoms with Crippen LogP contribution in [0, 0.1) is 52.3 Å². The van der Waals surface area contributed by atoms with Gasteiger partial charge in [0.15, 0.2) is 55.9 Å². The van der Waals surface area contributed by atoms with Gasteiger partial charge in [0.1, 0.15) is 97.7 Å². The maximum atomic E-state index is 13.7. The summed E-state index contributed by atoms with van der Waals surface area (Å²) >= 11 is 0. The SMILES string of the molecule is CC(C)CCC[C@@H](C)[C@H]1CC[C@H]2[C@@H]3CC[C@H]4C[C@@H](O[C@H]5O[C@H](COS(=O)(=O)O)[C@@H](OS(=O)(=O)O)[C@H](OS(=O)(=O)O)[C@@H]5O[C@H]5O[C@H](COS(=O)(=O)O)[C@@H](OS(=O)(=O)O)[C@H](O[C@H]6O[C@H](COS(=O)(=O)O)[C@@H](OS(=O)(=O)O)[C@H](O[C@H]7O[C@H](COS(=O)(=O)O)[C@@H](OS(=O)(=O)O)[C@H](O[C@H]8O[C@H](COS(=O)(=O)O)[C@@H](OS(=O)(=O)O)[C@H](OS(=O)(=O)O)[C@@H]8OS(=O)(=O)O)[C@@H]7OS(=O)(=O)O)[C@@H]6OS(=O)(=O)O)[C@@H]5OS(=O)(=O)O)CC[C@]4(C)[C@H]3CC[C@]12C. The number of fused-ring (bicyclic) bond motifs is 5. The van der Waals surface area contributed by atoms with Gasteiger partial charge in [-0.25, -0.2) is 66.9 Å². The predicted molar refractivity (Wildman–Crippen MR) is 449 cm³/mol. The van der Waals surface area contributed by atoms with Crippen LogP contribution in [0.2, 0.25) is 0 Å². The summed E-state index contributed by atoms with van der Waals surface area (Å²) in [5.74, 6) is 0.935. The molecule has 0 spiro atoms. The van der Waals surface area contributed by atoms with Gasteiger partial charge in [-0.15, -0.1) is 0 Å². The fourth-order valence-electron chi connectivity index (χ4n) is 19.9. The van der Waals surface area contributed by atoms with E-state index in [1.54, 1.807) is 0 Å². The minimum atomic E-state index is -7.13. The zero-order valence-electron chi connectivity index (χ0n) is 74.4. The predicted octanol–water partition coefficient (Wildman–Crippen LogP) is -6.18. The van der Waals surface area contributed by atoms with E-state index in [0.717, 1.165) is 38.5 Å². The number of ether oxygens (including phenoxy) is 10. The van der Waals surface area contributed by atoms with E-state index >= 15 is 0 Å². The fourth-order valence-corrected chi connectivity index (χ4v) is 26.9. The highest BCUT2D eigenvalue weighted by Crippen LogP contribution is 2.69. The Kier molecular flexibility index (Phi) is 41.4. The lowest BCUT2D eigenvalue weighted by Gasteiger charge is -2.61. The van der Waals surface area contributed by atoms with Crippen molar-refractivity contribution in [2.75, 3.05) is 33.0 Å². The molecule has 5 heterocycles. The molecule has 9 rings (SSSR count). The van der Waals surface area contributed by atoms with Gasteiger partial charge in [-0.3, -0.25) is 72.8 Å². The Morgan fingerprint density at radius 1 is 0.252 bits per heavy atom. The van der Waals surface area contributed by atoms with Crippen LogP contribution in [0.4, 0.5) is 0 Å². The lowest BCUT2D eigenvalue weighted by Crippen LogP contribution is -2.70. The molecule has 9 aliphatic rings. The first-order valence-corrected chi connectivity index (χ1v) is 62.9. The zero-order valence-corrected chi connectivity index (χ0v) is 87.5. The summed E-state index contributed by atoms with van der Waals surface area (Å²) < 4.78 is 704. The van der Waals surface area contributed by atoms with E-state index in [1.165, 1.54) is 0 Å². The summed E-state index contributed by atoms with van der Waals surface area (Å²) in [5.41, 5.74) is -0.752. The summed E-state index contributed by atoms with van der Waals surface area (Å²) in [6.07, 6.45) is -89.6. The topological polar surface area (TPSA) is 1110 Å². The monoisotopic (exact) mass is 2480 g/mol. The summed E-state index contributed by atoms with van der Waals surface area (Å²) in [6, 6.07) is 0. The van der Waals surface area contributed by atoms with E-state index in [2.05, 4.69) is 86.3 Å². The van der Waals surface area contributed by atoms with Gasteiger partial charge in [0.2, 0.25) is 0 Å². The molecule has 866 valence electrons. The molecule has 5 aliphatic heterocycles. The Morgan fingerprint density at radius 3 is 0.769 bits per heavy atom. The molecule has 0 amide bonds. The molecule has 90 heteroatoms. The minimum Gasteiger partial charge on any atom is -0.347 e. The smallest absolute Gasteiger partial charge is 0.347 e. The average molecular weight is 2480 g/mol. The molecule has 0 aromatic heterocycles. The third kappa shape index (κ3) is 39.3. The van der Waals surface area contributed by atoms with E-state index in [4.69, 9.17) is 55.7 Å². The van der Waals surface area contributed by atoms with Crippen molar-refractivity contribution in [2.24, 2.45) is 52.3 Å². The third-order valence-electron chi connectivity index (χ3n) is 24.7. The second-order valence-electron chi connectivity index (χ2n) is 34.8. The van der Waals surface area contributed by atoms with Gasteiger partial charge < -0.3 is 47.4 Å². The van der Waals surface area contributed by atoms with Crippen molar-refractivity contribution in [2.45, 2.75) is 271 Å². The van der Waals surface area contributed by atoms with Crippen LogP contribution in [-0.4, -0.2) is 400 Å². The normalized spacial score (nSPS) is 36.7. The highest BCUT2D eigenvalue weighted by Gasteiger charge is 2.67. The Bertz CT molecular complexity index is 6580. The van der Waals surface area contributed by atoms with Gasteiger partial charge in [-0.2, -0.15) is 135 Å². The molecule has 5 saturated heterocycles. The van der Waals surface area contributed by atoms with Crippen molar-refractivity contribution in [3.63, 3.8) is 0 Å². The molecule has 4 saturated carbocycles. The second-order valence-corrected chi connectivity index (χ2v) is 51.8. The van der Waals surface area contributed by atoms with Crippen LogP contribution in [0.5, 0.6) is 0 Å². The van der Waals surface area contributed by atoms with E-state index in [-0.39, 0.29) is 42.4 Å². The van der Waals surface area contributed by atoms with Crippen LogP contribution in [0.15, 0.2) is 0 Å². The van der Waals surface area contributed by atoms with Crippen molar-refractivity contribution >= 4 is 166 Å². The van der Waals surface area contributed by atoms with Crippen molar-refractivity contribution in [3.8, 4) is 0 Å². The summed E-state index contributed by atoms with van der Waals surface area (Å²) in [7, 11) is -106. The number of hydrogen-bond acceptors (Lipinski definition) is 58. The molecule has 0 bridgehead atoms. The molecular weight excluding hydrogens is 2380 g/mol. The highest BCUT2D eigenvalue weighted by molar-refractivity contribution is 7.84. The van der Waals surface area contributed by atoms with Crippen LogP contribution in [0.25, 0.3) is 0 Å². The Morgan fingerprint density at radius 2 is 0.490 bits per heavy atom. The summed E-state index contributed by atoms with van der Waals surface area (Å²) in [5, 5.41) is 0. The maximum absolute atomic E-state index is 13.7. The first-order chi connectivity index (χ1) is 66.2. The van der Waals surface area contributed by atoms with Gasteiger partial charge in [0.25, 0.3) is 0 Å². The largest absolute Gasteiger partial charge is 0.397 e. The minimum absolute atomic E-state index is 0.0390. The van der Waals surface area contributed by atoms with Gasteiger partial charge in [0, 0.05) is 0 Å². The van der Waals surface area contributed by atoms with Crippen molar-refractivity contribution < 1.29 is 322 Å². The van der Waals surface area contributed by atoms with Crippen LogP contribution >= 0.6 is 0 Å². The molecular formula is C57H98O74S16. The Hall–Kier alpha value is -2.48. The first-order valence-electron chi connectivity index (χ1n) is 41.1. The maximum Gasteiger partial charge on any atom is 0.397 e. The highest BCUT2D eigenvalue weighted by atomic mass is 32.3. The van der Waals surface area contributed by atoms with Gasteiger partial charge in [0.05, 0.1) is 39.1 Å². The molecule has 9 fully saturated rings. The zero-order chi connectivity index (χ0) is 111. The molecule has 147 heavy (non-hydrogen) atoms. The number of hydrogen-bond donors (Lipinski definition) is 16. The van der Waals surface area contributed by atoms with Gasteiger partial charge >= 0.3 is 166 Å². The summed E-state index contributed by atoms with van der Waals surface area (Å²) in [6.45, 7) is -1.14. The molecule has 74 nitrogen and oxygen atoms in total. The van der Waals surface area contributed by atoms with Crippen molar-refractivity contribution in [1.82, 2.24) is 0 Å². The molecule has 0 aromatic rings. The molecule has 0 unspecified atom stereocenters. The molecule has 0 aromatic carbocycles. The van der Waals surface area contributed by atoms with E-state index in [0.29, 0.717) is 37.0 Å². The van der Waals surface area contributed by atoms with Crippen molar-refractivity contribution in [3.05, 3.63) is 0 Å². The fraction of sp³-hybridized carbons (Fsp3) is 1.00. The quantitative estimate of drug-likeness (QED) is 0.0199. The van der Waals surface area contributed by atoms with Crippen LogP contribution in [0.3, 0.4) is 0 Å². The van der Waals surface area contributed by atoms with Crippen LogP contribution < -0.4 is 0 Å². The summed E-state index contributed by atoms with van der Waals surface area (Å²) in [4.78, 5) is 0. The van der Waals surface area contributed by atoms with Gasteiger partial charge in [-0.05, 0) is 110 Å². The Labute approximate surface area is 838 Å². The standard InChI is InChI=1S/C57H98O74S16/c1-23(2)7-6-8-24(3)28-11-12-29-27-10-9-25-17-26(13-15-56(25,4)30(27)14-16-57(28,29)5)111-51-46(44(126-142(88,89)90)39(124-140(82,83)84)34(112-51)21-109-135(67,68)69)120-54-49(130-146(100,101)102)43(38(123-139(79,80)81)33(115-54)20-108-134(64,65)66)118-52-47(128-144(94,95)96)41(36(121-137(73,74)75)31(113-52)18-106-132(58,59)60)117-53-48(129-145(97,98)99)42(37(122-138(76,77)78)32(114-53)19-107-133(61,62)63)119-55-50(131-147(103,104)105)45(127-143(91,92)93)40(125-141(85,86)87)35(116-55)22-110-136(70,71)72/h23-55H,6-22H2,1-5H3,(H,58,59,60)(H,61,62,63)(H,64,65,66)(H,67,68,69)(H,70,71,72)(H,73,74,75)(H,76,77,78)(H,79,80,81)(H,82,83,84)(H,85,86,87)(H,88,89,90)(H,91,92,93)(H,94,95,96)(H,97,98,99)(H,100,101,102)(H,103,104,105)/t24-,25+,26+,27+,28-,29+,30+,31-,32-,33-,34-,35-,36-,37-,38-,39-,40-,41+,42+,43+,44+,45+,46+,47+,48+,49+,50+,51+,52-,53-,54-,55-,56+,57-/m1/s1. The average Bonchev–Trinajstić information content (AvgIpc) is 1.62. The number of rotatable bonds is 52. The second kappa shape index (κ2) is 47.6. The van der Waals surface area contributed by atoms with Crippen LogP contribution in [0.1, 0.15) is 112 Å². The Balaban J connectivity index is 1.29. The van der Waals surface area contributed by atoms with E-state index < -0.39 is 370 Å². The molecule has 4 aliphatic carbocycles. The molecule has 34 atom stereocenters. The van der Waals surface area contributed by atoms with Gasteiger partial charge in [-0.1, -0.05) is 53.9 Å². The first kappa shape index (κ1) is 128. The third-order valence-corrected chi connectivity index (χ3v) is 32.0. The lowest BCUT2D eigenvalue weighted by atomic mass is 9.44. The van der Waals surface area contributed by atoms with Crippen molar-refractivity contribution in [1.29, 1.82) is 0 Å². The van der Waals surface area contributed by atoms with E-state index in [1.807, 2.05) is 6.92 Å². The lowest BCUT2D eigenvalue weighted by molar-refractivity contribution is -0.389.